The molecule has 1 amide bonds. The van der Waals surface area contributed by atoms with Crippen molar-refractivity contribution in [2.45, 2.75) is 57.5 Å². The fraction of sp³-hybridized carbons (Fsp3) is 0.750. The second-order valence-corrected chi connectivity index (χ2v) is 6.28. The summed E-state index contributed by atoms with van der Waals surface area (Å²) in [6.07, 6.45) is 9.33. The number of aryl methyl sites for hydroxylation is 1. The fourth-order valence-corrected chi connectivity index (χ4v) is 3.50. The number of likely N-dealkylation sites (tertiary alicyclic amines) is 1. The van der Waals surface area contributed by atoms with Crippen molar-refractivity contribution in [2.75, 3.05) is 19.6 Å². The Balaban J connectivity index is 1.48. The van der Waals surface area contributed by atoms with E-state index in [4.69, 9.17) is 0 Å². The largest absolute Gasteiger partial charge is 0.343 e. The number of amides is 1. The van der Waals surface area contributed by atoms with Crippen LogP contribution < -0.4 is 5.32 Å². The SMILES string of the molecule is CCn1cc(C2CCN(C(=O)CC3CCCN3)CC2)cn1. The van der Waals surface area contributed by atoms with Crippen LogP contribution in [0.15, 0.2) is 12.4 Å². The molecule has 0 aliphatic carbocycles. The van der Waals surface area contributed by atoms with E-state index < -0.39 is 0 Å². The highest BCUT2D eigenvalue weighted by molar-refractivity contribution is 5.77. The number of carbonyl (C=O) groups excluding carboxylic acids is 1. The Hall–Kier alpha value is -1.36. The topological polar surface area (TPSA) is 50.2 Å². The average Bonchev–Trinajstić information content (AvgIpc) is 3.18. The van der Waals surface area contributed by atoms with Crippen molar-refractivity contribution >= 4 is 5.91 Å². The van der Waals surface area contributed by atoms with E-state index in [1.807, 2.05) is 10.9 Å². The van der Waals surface area contributed by atoms with Crippen LogP contribution in [0, 0.1) is 0 Å². The first-order valence-electron chi connectivity index (χ1n) is 8.29. The zero-order valence-electron chi connectivity index (χ0n) is 12.9. The lowest BCUT2D eigenvalue weighted by atomic mass is 9.91. The summed E-state index contributed by atoms with van der Waals surface area (Å²) in [5.41, 5.74) is 1.33. The Labute approximate surface area is 126 Å². The third kappa shape index (κ3) is 3.46. The average molecular weight is 290 g/mol. The van der Waals surface area contributed by atoms with E-state index >= 15 is 0 Å². The fourth-order valence-electron chi connectivity index (χ4n) is 3.50. The molecule has 1 unspecified atom stereocenters. The molecule has 1 atom stereocenters. The zero-order valence-corrected chi connectivity index (χ0v) is 12.9. The predicted molar refractivity (Wildman–Crippen MR) is 82.1 cm³/mol. The first-order valence-corrected chi connectivity index (χ1v) is 8.29. The number of hydrogen-bond acceptors (Lipinski definition) is 3. The number of rotatable bonds is 4. The van der Waals surface area contributed by atoms with Gasteiger partial charge in [0.1, 0.15) is 0 Å². The Bertz CT molecular complexity index is 470. The maximum Gasteiger partial charge on any atom is 0.224 e. The number of hydrogen-bond donors (Lipinski definition) is 1. The second-order valence-electron chi connectivity index (χ2n) is 6.28. The Morgan fingerprint density at radius 3 is 2.81 bits per heavy atom. The Morgan fingerprint density at radius 1 is 1.38 bits per heavy atom. The number of carbonyl (C=O) groups is 1. The van der Waals surface area contributed by atoms with Gasteiger partial charge >= 0.3 is 0 Å². The molecule has 1 aromatic rings. The highest BCUT2D eigenvalue weighted by Gasteiger charge is 2.26. The van der Waals surface area contributed by atoms with Crippen molar-refractivity contribution in [3.05, 3.63) is 18.0 Å². The number of nitrogens with zero attached hydrogens (tertiary/aromatic N) is 3. The van der Waals surface area contributed by atoms with Gasteiger partial charge in [-0.05, 0) is 50.6 Å². The van der Waals surface area contributed by atoms with Gasteiger partial charge in [0.2, 0.25) is 5.91 Å². The third-order valence-electron chi connectivity index (χ3n) is 4.88. The normalized spacial score (nSPS) is 23.7. The molecule has 3 heterocycles. The molecule has 2 aliphatic heterocycles. The first kappa shape index (κ1) is 14.6. The van der Waals surface area contributed by atoms with Gasteiger partial charge in [-0.25, -0.2) is 0 Å². The molecular formula is C16H26N4O. The van der Waals surface area contributed by atoms with Crippen LogP contribution in [0.5, 0.6) is 0 Å². The van der Waals surface area contributed by atoms with Gasteiger partial charge in [0.25, 0.3) is 0 Å². The Kier molecular flexibility index (Phi) is 4.58. The van der Waals surface area contributed by atoms with Crippen LogP contribution in [-0.2, 0) is 11.3 Å². The van der Waals surface area contributed by atoms with Crippen LogP contribution in [0.2, 0.25) is 0 Å². The molecule has 1 aromatic heterocycles. The minimum atomic E-state index is 0.331. The molecule has 3 rings (SSSR count). The standard InChI is InChI=1S/C16H26N4O/c1-2-20-12-14(11-18-20)13-5-8-19(9-6-13)16(21)10-15-4-3-7-17-15/h11-13,15,17H,2-10H2,1H3. The van der Waals surface area contributed by atoms with E-state index in [1.165, 1.54) is 12.0 Å². The number of nitrogens with one attached hydrogen (secondary N) is 1. The molecule has 1 N–H and O–H groups in total. The first-order chi connectivity index (χ1) is 10.3. The van der Waals surface area contributed by atoms with Gasteiger partial charge in [0.15, 0.2) is 0 Å². The van der Waals surface area contributed by atoms with Crippen molar-refractivity contribution in [1.82, 2.24) is 20.0 Å². The maximum atomic E-state index is 12.3. The molecule has 0 radical (unpaired) electrons. The number of piperidine rings is 1. The Morgan fingerprint density at radius 2 is 2.19 bits per heavy atom. The molecule has 2 fully saturated rings. The van der Waals surface area contributed by atoms with Crippen LogP contribution in [0.3, 0.4) is 0 Å². The van der Waals surface area contributed by atoms with E-state index in [0.29, 0.717) is 24.3 Å². The summed E-state index contributed by atoms with van der Waals surface area (Å²) in [7, 11) is 0. The van der Waals surface area contributed by atoms with Crippen molar-refractivity contribution in [2.24, 2.45) is 0 Å². The van der Waals surface area contributed by atoms with Gasteiger partial charge in [-0.15, -0.1) is 0 Å². The molecule has 2 saturated heterocycles. The third-order valence-corrected chi connectivity index (χ3v) is 4.88. The molecule has 0 aromatic carbocycles. The smallest absolute Gasteiger partial charge is 0.224 e. The van der Waals surface area contributed by atoms with Gasteiger partial charge in [-0.3, -0.25) is 9.48 Å². The molecule has 5 heteroatoms. The van der Waals surface area contributed by atoms with E-state index in [-0.39, 0.29) is 0 Å². The summed E-state index contributed by atoms with van der Waals surface area (Å²) >= 11 is 0. The lowest BCUT2D eigenvalue weighted by molar-refractivity contribution is -0.132. The lowest BCUT2D eigenvalue weighted by Crippen LogP contribution is -2.40. The zero-order chi connectivity index (χ0) is 14.7. The van der Waals surface area contributed by atoms with E-state index in [2.05, 4.69) is 28.4 Å². The van der Waals surface area contributed by atoms with Crippen LogP contribution in [0.1, 0.15) is 50.5 Å². The summed E-state index contributed by atoms with van der Waals surface area (Å²) in [6.45, 7) is 5.89. The highest BCUT2D eigenvalue weighted by Crippen LogP contribution is 2.28. The van der Waals surface area contributed by atoms with Crippen LogP contribution >= 0.6 is 0 Å². The lowest BCUT2D eigenvalue weighted by Gasteiger charge is -2.32. The summed E-state index contributed by atoms with van der Waals surface area (Å²) in [6, 6.07) is 0.415. The second kappa shape index (κ2) is 6.60. The summed E-state index contributed by atoms with van der Waals surface area (Å²) in [5, 5.41) is 7.77. The summed E-state index contributed by atoms with van der Waals surface area (Å²) in [5.74, 6) is 0.899. The van der Waals surface area contributed by atoms with Crippen LogP contribution in [-0.4, -0.2) is 46.3 Å². The summed E-state index contributed by atoms with van der Waals surface area (Å²) in [4.78, 5) is 14.4. The van der Waals surface area contributed by atoms with Gasteiger partial charge in [-0.2, -0.15) is 5.10 Å². The van der Waals surface area contributed by atoms with Crippen molar-refractivity contribution in [1.29, 1.82) is 0 Å². The van der Waals surface area contributed by atoms with Gasteiger partial charge in [0.05, 0.1) is 6.20 Å². The van der Waals surface area contributed by atoms with E-state index in [1.54, 1.807) is 0 Å². The van der Waals surface area contributed by atoms with Gasteiger partial charge in [0, 0.05) is 38.3 Å². The molecule has 2 aliphatic rings. The molecule has 21 heavy (non-hydrogen) atoms. The van der Waals surface area contributed by atoms with Gasteiger partial charge in [-0.1, -0.05) is 0 Å². The molecule has 0 bridgehead atoms. The van der Waals surface area contributed by atoms with E-state index in [9.17, 15) is 4.79 Å². The molecular weight excluding hydrogens is 264 g/mol. The van der Waals surface area contributed by atoms with Crippen LogP contribution in [0.25, 0.3) is 0 Å². The van der Waals surface area contributed by atoms with Crippen molar-refractivity contribution < 1.29 is 4.79 Å². The monoisotopic (exact) mass is 290 g/mol. The summed E-state index contributed by atoms with van der Waals surface area (Å²) < 4.78 is 1.98. The predicted octanol–water partition coefficient (Wildman–Crippen LogP) is 1.75. The van der Waals surface area contributed by atoms with Crippen LogP contribution in [0.4, 0.5) is 0 Å². The van der Waals surface area contributed by atoms with Crippen molar-refractivity contribution in [3.8, 4) is 0 Å². The minimum absolute atomic E-state index is 0.331. The van der Waals surface area contributed by atoms with E-state index in [0.717, 1.165) is 45.4 Å². The quantitative estimate of drug-likeness (QED) is 0.919. The van der Waals surface area contributed by atoms with Crippen molar-refractivity contribution in [3.63, 3.8) is 0 Å². The minimum Gasteiger partial charge on any atom is -0.343 e. The maximum absolute atomic E-state index is 12.3. The molecule has 0 spiro atoms. The molecule has 0 saturated carbocycles. The molecule has 5 nitrogen and oxygen atoms in total. The molecule has 116 valence electrons. The highest BCUT2D eigenvalue weighted by atomic mass is 16.2. The van der Waals surface area contributed by atoms with Gasteiger partial charge < -0.3 is 10.2 Å². The number of aromatic nitrogens is 2.